The monoisotopic (exact) mass is 1580 g/mol. The molecule has 0 aliphatic heterocycles. The number of hydrogen-bond acceptors (Lipinski definition) is 31. The number of pyridine rings is 10. The van der Waals surface area contributed by atoms with Crippen LogP contribution in [0.5, 0.6) is 0 Å². The third kappa shape index (κ3) is 17.1. The van der Waals surface area contributed by atoms with Crippen molar-refractivity contribution in [2.75, 3.05) is 12.0 Å². The molecule has 13 heterocycles. The van der Waals surface area contributed by atoms with Crippen LogP contribution in [-0.2, 0) is 0 Å². The quantitative estimate of drug-likeness (QED) is 0.0214. The summed E-state index contributed by atoms with van der Waals surface area (Å²) in [5.74, 6) is 1.03. The van der Waals surface area contributed by atoms with Crippen LogP contribution in [0.4, 0.5) is 0 Å². The van der Waals surface area contributed by atoms with Gasteiger partial charge < -0.3 is 15.6 Å². The number of carbonyl (C=O) groups excluding carboxylic acids is 2. The SMILES string of the molecule is CCCSc1cc(C=O)nc2c1ccc1cccnc12.CSc1cc(C=O)nc2c1ccc1cccnc12.Cc1cnc(Sc2cc(C=NO)nc3c2ccc2cccnc23)s1.Cc1nnc(Sc2cc(C=NO)nc3c2ccc2cccnc23)s1.ON=Cc1cc(Sc2nncs2)c2ccc3cccnc3c2n1. The Morgan fingerprint density at radius 2 is 0.771 bits per heavy atom. The predicted octanol–water partition coefficient (Wildman–Crippen LogP) is 19.4. The molecule has 0 fully saturated rings. The van der Waals surface area contributed by atoms with E-state index in [4.69, 9.17) is 15.6 Å². The minimum absolute atomic E-state index is 0.449. The Morgan fingerprint density at radius 3 is 1.11 bits per heavy atom. The molecule has 13 aromatic heterocycles. The number of fused-ring (bicyclic) bond motifs is 15. The van der Waals surface area contributed by atoms with Crippen molar-refractivity contribution in [2.45, 2.75) is 64.7 Å². The fourth-order valence-corrected chi connectivity index (χ4v) is 18.7. The molecule has 0 aliphatic carbocycles. The second-order valence-corrected chi connectivity index (χ2v) is 32.4. The fraction of sp³-hybridized carbons (Fsp3) is 0.0769. The first-order valence-electron chi connectivity index (χ1n) is 33.0. The summed E-state index contributed by atoms with van der Waals surface area (Å²) in [5, 5.41) is 63.2. The maximum absolute atomic E-state index is 11.1. The molecular formula is C78H56N18O5S8. The molecular weight excluding hydrogens is 1530 g/mol. The molecule has 536 valence electrons. The van der Waals surface area contributed by atoms with E-state index in [0.29, 0.717) is 28.5 Å². The van der Waals surface area contributed by atoms with E-state index in [1.165, 1.54) is 69.7 Å². The number of aryl methyl sites for hydroxylation is 2. The van der Waals surface area contributed by atoms with Crippen molar-refractivity contribution in [3.05, 3.63) is 233 Å². The Morgan fingerprint density at radius 1 is 0.404 bits per heavy atom. The molecule has 3 N–H and O–H groups in total. The Hall–Kier alpha value is -11.6. The van der Waals surface area contributed by atoms with Crippen LogP contribution in [0.1, 0.15) is 61.3 Å². The Labute approximate surface area is 653 Å². The smallest absolute Gasteiger partial charge is 0.179 e. The zero-order valence-electron chi connectivity index (χ0n) is 57.8. The lowest BCUT2D eigenvalue weighted by Gasteiger charge is -2.08. The molecule has 0 bridgehead atoms. The van der Waals surface area contributed by atoms with Gasteiger partial charge in [-0.3, -0.25) is 34.5 Å². The highest BCUT2D eigenvalue weighted by Crippen LogP contribution is 2.41. The standard InChI is InChI=1S/C17H12N4OS2.C16H11N5OS2.C16H14N2OS.C15H9N5OS2.C14H10N2OS/c1-10-8-19-17(23-10)24-14-7-12(9-20-22)21-16-13(14)5-4-11-3-2-6-18-15(11)16;1-9-20-21-16(23-9)24-13-7-11(8-18-22)19-15-12(13)5-4-10-3-2-6-17-14(10)15;1-2-8-20-14-9-12(10-19)18-16-13(14)6-5-11-4-3-7-17-15(11)16;21-18-7-10-6-12(23-15-20-17-8-22-15)11-4-3-9-2-1-5-16-13(9)14(11)19-10;1-18-12-7-10(8-17)16-14-11(12)5-4-9-3-2-6-15-13(9)14/h2-9,22H,1H3;2-8,22H,1H3;3-7,9-10H,2,8H2,1H3;1-8,21H;2-8H,1H3. The summed E-state index contributed by atoms with van der Waals surface area (Å²) in [6.45, 7) is 6.11. The minimum atomic E-state index is 0.449. The van der Waals surface area contributed by atoms with Gasteiger partial charge in [0.15, 0.2) is 25.6 Å². The number of aldehydes is 2. The second-order valence-electron chi connectivity index (χ2n) is 23.3. The summed E-state index contributed by atoms with van der Waals surface area (Å²) in [6.07, 6.45) is 19.2. The van der Waals surface area contributed by atoms with Gasteiger partial charge in [0.1, 0.15) is 21.9 Å². The number of hydrogen-bond donors (Lipinski definition) is 3. The Kier molecular flexibility index (Phi) is 23.9. The number of thioether (sulfide) groups is 2. The zero-order chi connectivity index (χ0) is 75.2. The van der Waals surface area contributed by atoms with Crippen LogP contribution in [0, 0.1) is 13.8 Å². The van der Waals surface area contributed by atoms with Crippen LogP contribution in [0.25, 0.3) is 109 Å². The molecule has 109 heavy (non-hydrogen) atoms. The largest absolute Gasteiger partial charge is 0.411 e. The molecule has 0 atom stereocenters. The first kappa shape index (κ1) is 74.3. The Balaban J connectivity index is 0.000000114. The second kappa shape index (κ2) is 35.0. The fourth-order valence-electron chi connectivity index (χ4n) is 11.5. The lowest BCUT2D eigenvalue weighted by molar-refractivity contribution is 0.111. The zero-order valence-corrected chi connectivity index (χ0v) is 64.3. The van der Waals surface area contributed by atoms with E-state index >= 15 is 0 Å². The van der Waals surface area contributed by atoms with Gasteiger partial charge >= 0.3 is 0 Å². The third-order valence-corrected chi connectivity index (χ3v) is 24.1. The van der Waals surface area contributed by atoms with Gasteiger partial charge in [0.2, 0.25) is 0 Å². The highest BCUT2D eigenvalue weighted by molar-refractivity contribution is 8.02. The average molecular weight is 1580 g/mol. The third-order valence-electron chi connectivity index (χ3n) is 16.2. The lowest BCUT2D eigenvalue weighted by atomic mass is 10.1. The first-order valence-corrected chi connectivity index (χ1v) is 40.2. The van der Waals surface area contributed by atoms with Gasteiger partial charge in [-0.15, -0.1) is 55.3 Å². The van der Waals surface area contributed by atoms with E-state index in [-0.39, 0.29) is 0 Å². The first-order chi connectivity index (χ1) is 53.5. The van der Waals surface area contributed by atoms with Crippen LogP contribution in [0.3, 0.4) is 0 Å². The molecule has 0 aliphatic rings. The van der Waals surface area contributed by atoms with Crippen LogP contribution in [0.15, 0.2) is 247 Å². The highest BCUT2D eigenvalue weighted by atomic mass is 32.2. The molecule has 18 rings (SSSR count). The van der Waals surface area contributed by atoms with Crippen LogP contribution < -0.4 is 0 Å². The van der Waals surface area contributed by atoms with Gasteiger partial charge in [0, 0.05) is 120 Å². The van der Waals surface area contributed by atoms with Crippen LogP contribution in [0.2, 0.25) is 0 Å². The summed E-state index contributed by atoms with van der Waals surface area (Å²) >= 11 is 12.6. The normalized spacial score (nSPS) is 11.4. The molecule has 0 saturated heterocycles. The molecule has 0 unspecified atom stereocenters. The summed E-state index contributed by atoms with van der Waals surface area (Å²) in [4.78, 5) is 77.5. The van der Waals surface area contributed by atoms with E-state index in [0.717, 1.165) is 176 Å². The Bertz CT molecular complexity index is 6340. The number of aromatic nitrogens is 15. The van der Waals surface area contributed by atoms with E-state index in [2.05, 4.69) is 116 Å². The number of thiazole rings is 1. The van der Waals surface area contributed by atoms with Crippen molar-refractivity contribution in [3.8, 4) is 0 Å². The maximum atomic E-state index is 11.1. The van der Waals surface area contributed by atoms with Crippen molar-refractivity contribution in [1.29, 1.82) is 0 Å². The molecule has 0 amide bonds. The predicted molar refractivity (Wildman–Crippen MR) is 441 cm³/mol. The molecule has 0 saturated carbocycles. The van der Waals surface area contributed by atoms with Crippen LogP contribution >= 0.6 is 92.8 Å². The lowest BCUT2D eigenvalue weighted by Crippen LogP contribution is -1.93. The molecule has 18 aromatic rings. The number of carbonyl (C=O) groups is 2. The van der Waals surface area contributed by atoms with Gasteiger partial charge in [0.25, 0.3) is 0 Å². The summed E-state index contributed by atoms with van der Waals surface area (Å²) < 4.78 is 2.66. The van der Waals surface area contributed by atoms with E-state index in [1.807, 2.05) is 160 Å². The van der Waals surface area contributed by atoms with Gasteiger partial charge in [-0.05, 0) is 92.9 Å². The number of benzene rings is 5. The van der Waals surface area contributed by atoms with Gasteiger partial charge in [-0.25, -0.2) is 29.9 Å². The number of nitrogens with zero attached hydrogens (tertiary/aromatic N) is 18. The van der Waals surface area contributed by atoms with E-state index in [9.17, 15) is 9.59 Å². The van der Waals surface area contributed by atoms with Crippen molar-refractivity contribution in [3.63, 3.8) is 0 Å². The van der Waals surface area contributed by atoms with E-state index in [1.54, 1.807) is 83.1 Å². The molecule has 23 nitrogen and oxygen atoms in total. The molecule has 5 aromatic carbocycles. The number of rotatable bonds is 15. The molecule has 31 heteroatoms. The number of oxime groups is 3. The minimum Gasteiger partial charge on any atom is -0.411 e. The van der Waals surface area contributed by atoms with Crippen molar-refractivity contribution < 1.29 is 25.2 Å². The van der Waals surface area contributed by atoms with Gasteiger partial charge in [-0.1, -0.05) is 171 Å². The maximum Gasteiger partial charge on any atom is 0.179 e. The van der Waals surface area contributed by atoms with E-state index < -0.39 is 0 Å². The van der Waals surface area contributed by atoms with Crippen molar-refractivity contribution in [2.24, 2.45) is 15.5 Å². The topological polar surface area (TPSA) is 325 Å². The van der Waals surface area contributed by atoms with Crippen molar-refractivity contribution in [1.82, 2.24) is 75.2 Å². The van der Waals surface area contributed by atoms with Crippen LogP contribution in [-0.4, -0.2) is 134 Å². The summed E-state index contributed by atoms with van der Waals surface area (Å²) in [7, 11) is 0. The molecule has 0 radical (unpaired) electrons. The highest BCUT2D eigenvalue weighted by Gasteiger charge is 2.18. The molecule has 0 spiro atoms. The van der Waals surface area contributed by atoms with Gasteiger partial charge in [-0.2, -0.15) is 0 Å². The summed E-state index contributed by atoms with van der Waals surface area (Å²) in [5.41, 5.74) is 12.4. The van der Waals surface area contributed by atoms with Crippen molar-refractivity contribution >= 4 is 233 Å². The van der Waals surface area contributed by atoms with Gasteiger partial charge in [0.05, 0.1) is 90.9 Å². The summed E-state index contributed by atoms with van der Waals surface area (Å²) in [6, 6.07) is 49.2. The average Bonchev–Trinajstić information content (AvgIpc) is 1.11.